The van der Waals surface area contributed by atoms with Crippen LogP contribution in [0, 0.1) is 6.92 Å². The number of thioether (sulfide) groups is 1. The third-order valence-electron chi connectivity index (χ3n) is 2.81. The maximum atomic E-state index is 12.0. The minimum atomic E-state index is -0.135. The number of nitrogens with zero attached hydrogens (tertiary/aromatic N) is 2. The lowest BCUT2D eigenvalue weighted by atomic mass is 10.2. The van der Waals surface area contributed by atoms with Gasteiger partial charge in [-0.1, -0.05) is 11.8 Å². The predicted molar refractivity (Wildman–Crippen MR) is 85.7 cm³/mol. The second kappa shape index (κ2) is 7.65. The summed E-state index contributed by atoms with van der Waals surface area (Å²) in [6.45, 7) is 1.88. The zero-order valence-corrected chi connectivity index (χ0v) is 13.4. The van der Waals surface area contributed by atoms with E-state index >= 15 is 0 Å². The van der Waals surface area contributed by atoms with Crippen LogP contribution in [-0.2, 0) is 4.79 Å². The smallest absolute Gasteiger partial charge is 0.234 e. The molecular weight excluding hydrogens is 302 g/mol. The number of anilines is 1. The number of hydrogen-bond donors (Lipinski definition) is 1. The van der Waals surface area contributed by atoms with Crippen LogP contribution in [0.15, 0.2) is 35.6 Å². The fraction of sp³-hybridized carbons (Fsp3) is 0.267. The van der Waals surface area contributed by atoms with Gasteiger partial charge >= 0.3 is 0 Å². The van der Waals surface area contributed by atoms with Crippen LogP contribution in [0.1, 0.15) is 5.69 Å². The Bertz CT molecular complexity index is 664. The Morgan fingerprint density at radius 3 is 2.73 bits per heavy atom. The first kappa shape index (κ1) is 16.1. The quantitative estimate of drug-likeness (QED) is 0.651. The summed E-state index contributed by atoms with van der Waals surface area (Å²) in [5.74, 6) is 1.34. The summed E-state index contributed by atoms with van der Waals surface area (Å²) in [6.07, 6.45) is 1.49. The van der Waals surface area contributed by atoms with Gasteiger partial charge in [0, 0.05) is 11.8 Å². The largest absolute Gasteiger partial charge is 0.497 e. The molecule has 7 heteroatoms. The number of nitrogens with one attached hydrogen (secondary N) is 1. The Morgan fingerprint density at radius 2 is 2.05 bits per heavy atom. The van der Waals surface area contributed by atoms with Crippen LogP contribution in [0.5, 0.6) is 11.5 Å². The molecule has 0 unspecified atom stereocenters. The lowest BCUT2D eigenvalue weighted by Crippen LogP contribution is -2.14. The van der Waals surface area contributed by atoms with Crippen LogP contribution in [0.3, 0.4) is 0 Å². The lowest BCUT2D eigenvalue weighted by molar-refractivity contribution is -0.113. The van der Waals surface area contributed by atoms with Crippen LogP contribution >= 0.6 is 11.8 Å². The van der Waals surface area contributed by atoms with Crippen molar-refractivity contribution >= 4 is 23.4 Å². The molecule has 1 amide bonds. The molecule has 0 aliphatic carbocycles. The van der Waals surface area contributed by atoms with Gasteiger partial charge in [0.2, 0.25) is 5.91 Å². The highest BCUT2D eigenvalue weighted by Gasteiger charge is 2.10. The molecule has 6 nitrogen and oxygen atoms in total. The Morgan fingerprint density at radius 1 is 1.23 bits per heavy atom. The van der Waals surface area contributed by atoms with Gasteiger partial charge in [-0.2, -0.15) is 0 Å². The molecule has 116 valence electrons. The Hall–Kier alpha value is -2.28. The molecule has 22 heavy (non-hydrogen) atoms. The first-order valence-corrected chi connectivity index (χ1v) is 7.54. The molecular formula is C15H17N3O3S. The molecule has 0 atom stereocenters. The van der Waals surface area contributed by atoms with E-state index in [0.717, 1.165) is 10.7 Å². The molecule has 1 aromatic carbocycles. The number of ether oxygens (including phenoxy) is 2. The number of amides is 1. The Labute approximate surface area is 133 Å². The number of benzene rings is 1. The monoisotopic (exact) mass is 319 g/mol. The van der Waals surface area contributed by atoms with Crippen molar-refractivity contribution in [2.75, 3.05) is 25.3 Å². The molecule has 0 saturated carbocycles. The minimum absolute atomic E-state index is 0.135. The molecule has 2 aromatic rings. The molecule has 1 aromatic heterocycles. The fourth-order valence-corrected chi connectivity index (χ4v) is 2.46. The third kappa shape index (κ3) is 4.36. The maximum absolute atomic E-state index is 12.0. The van der Waals surface area contributed by atoms with E-state index in [2.05, 4.69) is 15.3 Å². The van der Waals surface area contributed by atoms with Crippen molar-refractivity contribution in [1.82, 2.24) is 9.97 Å². The molecule has 0 aliphatic heterocycles. The zero-order valence-electron chi connectivity index (χ0n) is 12.6. The molecule has 0 fully saturated rings. The van der Waals surface area contributed by atoms with E-state index in [-0.39, 0.29) is 11.7 Å². The number of rotatable bonds is 6. The lowest BCUT2D eigenvalue weighted by Gasteiger charge is -2.11. The van der Waals surface area contributed by atoms with E-state index in [1.54, 1.807) is 32.4 Å². The predicted octanol–water partition coefficient (Wildman–Crippen LogP) is 2.53. The van der Waals surface area contributed by atoms with Crippen LogP contribution in [0.2, 0.25) is 0 Å². The van der Waals surface area contributed by atoms with Crippen molar-refractivity contribution in [3.05, 3.63) is 36.3 Å². The maximum Gasteiger partial charge on any atom is 0.234 e. The van der Waals surface area contributed by atoms with E-state index in [9.17, 15) is 4.79 Å². The molecule has 0 radical (unpaired) electrons. The average molecular weight is 319 g/mol. The van der Waals surface area contributed by atoms with Crippen molar-refractivity contribution in [2.24, 2.45) is 0 Å². The van der Waals surface area contributed by atoms with Crippen molar-refractivity contribution in [3.63, 3.8) is 0 Å². The Balaban J connectivity index is 1.97. The summed E-state index contributed by atoms with van der Waals surface area (Å²) in [4.78, 5) is 20.2. The summed E-state index contributed by atoms with van der Waals surface area (Å²) >= 11 is 1.35. The molecule has 1 heterocycles. The summed E-state index contributed by atoms with van der Waals surface area (Å²) in [5, 5.41) is 3.58. The Kier molecular flexibility index (Phi) is 5.60. The highest BCUT2D eigenvalue weighted by molar-refractivity contribution is 7.99. The summed E-state index contributed by atoms with van der Waals surface area (Å²) in [7, 11) is 3.12. The van der Waals surface area contributed by atoms with Crippen LogP contribution < -0.4 is 14.8 Å². The fourth-order valence-electron chi connectivity index (χ4n) is 1.74. The van der Waals surface area contributed by atoms with Gasteiger partial charge < -0.3 is 14.8 Å². The van der Waals surface area contributed by atoms with E-state index in [1.165, 1.54) is 18.1 Å². The molecule has 0 bridgehead atoms. The van der Waals surface area contributed by atoms with E-state index in [4.69, 9.17) is 9.47 Å². The third-order valence-corrected chi connectivity index (χ3v) is 3.74. The van der Waals surface area contributed by atoms with Gasteiger partial charge in [-0.15, -0.1) is 0 Å². The van der Waals surface area contributed by atoms with Crippen molar-refractivity contribution in [3.8, 4) is 11.5 Å². The first-order valence-electron chi connectivity index (χ1n) is 6.55. The van der Waals surface area contributed by atoms with Gasteiger partial charge in [-0.05, 0) is 25.1 Å². The number of carbonyl (C=O) groups is 1. The molecule has 2 rings (SSSR count). The molecule has 1 N–H and O–H groups in total. The summed E-state index contributed by atoms with van der Waals surface area (Å²) < 4.78 is 10.4. The van der Waals surface area contributed by atoms with E-state index in [1.807, 2.05) is 13.0 Å². The standard InChI is InChI=1S/C15H17N3O3S/c1-10-6-15(17-9-16-10)22-8-14(19)18-12-5-4-11(20-2)7-13(12)21-3/h4-7,9H,8H2,1-3H3,(H,18,19). The van der Waals surface area contributed by atoms with Crippen molar-refractivity contribution in [1.29, 1.82) is 0 Å². The van der Waals surface area contributed by atoms with Crippen LogP contribution in [-0.4, -0.2) is 35.8 Å². The molecule has 0 aliphatic rings. The zero-order chi connectivity index (χ0) is 15.9. The first-order chi connectivity index (χ1) is 10.6. The number of aryl methyl sites for hydroxylation is 1. The molecule has 0 saturated heterocycles. The van der Waals surface area contributed by atoms with Gasteiger partial charge in [0.1, 0.15) is 22.9 Å². The van der Waals surface area contributed by atoms with Gasteiger partial charge in [-0.3, -0.25) is 4.79 Å². The van der Waals surface area contributed by atoms with Crippen LogP contribution in [0.25, 0.3) is 0 Å². The van der Waals surface area contributed by atoms with Gasteiger partial charge in [0.25, 0.3) is 0 Å². The van der Waals surface area contributed by atoms with E-state index in [0.29, 0.717) is 17.2 Å². The number of carbonyl (C=O) groups excluding carboxylic acids is 1. The van der Waals surface area contributed by atoms with Crippen molar-refractivity contribution < 1.29 is 14.3 Å². The van der Waals surface area contributed by atoms with Gasteiger partial charge in [0.15, 0.2) is 0 Å². The van der Waals surface area contributed by atoms with Gasteiger partial charge in [-0.25, -0.2) is 9.97 Å². The normalized spacial score (nSPS) is 10.1. The summed E-state index contributed by atoms with van der Waals surface area (Å²) in [6, 6.07) is 7.07. The average Bonchev–Trinajstić information content (AvgIpc) is 2.53. The number of hydrogen-bond acceptors (Lipinski definition) is 6. The highest BCUT2D eigenvalue weighted by Crippen LogP contribution is 2.29. The minimum Gasteiger partial charge on any atom is -0.497 e. The van der Waals surface area contributed by atoms with E-state index < -0.39 is 0 Å². The molecule has 0 spiro atoms. The van der Waals surface area contributed by atoms with Crippen molar-refractivity contribution in [2.45, 2.75) is 11.9 Å². The number of methoxy groups -OCH3 is 2. The SMILES string of the molecule is COc1ccc(NC(=O)CSc2cc(C)ncn2)c(OC)c1. The summed E-state index contributed by atoms with van der Waals surface area (Å²) in [5.41, 5.74) is 1.47. The topological polar surface area (TPSA) is 73.3 Å². The number of aromatic nitrogens is 2. The second-order valence-corrected chi connectivity index (χ2v) is 5.40. The van der Waals surface area contributed by atoms with Crippen LogP contribution in [0.4, 0.5) is 5.69 Å². The highest BCUT2D eigenvalue weighted by atomic mass is 32.2. The second-order valence-electron chi connectivity index (χ2n) is 4.40. The van der Waals surface area contributed by atoms with Gasteiger partial charge in [0.05, 0.1) is 25.7 Å².